The molecule has 4 heteroatoms. The maximum Gasteiger partial charge on any atom is 0.235 e. The van der Waals surface area contributed by atoms with Gasteiger partial charge >= 0.3 is 0 Å². The summed E-state index contributed by atoms with van der Waals surface area (Å²) < 4.78 is 0. The summed E-state index contributed by atoms with van der Waals surface area (Å²) >= 11 is 0. The molecule has 0 aliphatic heterocycles. The number of carbonyl (C=O) groups excluding carboxylic acids is 1. The van der Waals surface area contributed by atoms with Crippen LogP contribution in [0.5, 0.6) is 0 Å². The van der Waals surface area contributed by atoms with E-state index in [0.717, 1.165) is 19.4 Å². The molecule has 0 heterocycles. The van der Waals surface area contributed by atoms with E-state index in [4.69, 9.17) is 0 Å². The van der Waals surface area contributed by atoms with Crippen molar-refractivity contribution in [3.8, 4) is 6.07 Å². The van der Waals surface area contributed by atoms with E-state index in [9.17, 15) is 10.1 Å². The smallest absolute Gasteiger partial charge is 0.235 e. The van der Waals surface area contributed by atoms with Gasteiger partial charge in [0.05, 0.1) is 12.6 Å². The first-order valence-electron chi connectivity index (χ1n) is 8.33. The predicted octanol–water partition coefficient (Wildman–Crippen LogP) is 3.05. The third kappa shape index (κ3) is 4.80. The first-order chi connectivity index (χ1) is 10.8. The molecule has 1 fully saturated rings. The zero-order valence-corrected chi connectivity index (χ0v) is 14.6. The SMILES string of the molecule is CC(C)c1ccc(CN(C)CC(=O)N[C@](C)(C#N)C2CC2)cc1. The topological polar surface area (TPSA) is 56.1 Å². The summed E-state index contributed by atoms with van der Waals surface area (Å²) in [5.74, 6) is 0.756. The summed E-state index contributed by atoms with van der Waals surface area (Å²) in [7, 11) is 1.93. The van der Waals surface area contributed by atoms with Crippen LogP contribution in [0.25, 0.3) is 0 Å². The van der Waals surface area contributed by atoms with Gasteiger partial charge in [-0.15, -0.1) is 0 Å². The molecule has 0 unspecified atom stereocenters. The fourth-order valence-corrected chi connectivity index (χ4v) is 2.83. The van der Waals surface area contributed by atoms with Crippen LogP contribution in [-0.2, 0) is 11.3 Å². The van der Waals surface area contributed by atoms with Crippen LogP contribution in [0.2, 0.25) is 0 Å². The second-order valence-electron chi connectivity index (χ2n) is 7.21. The highest BCUT2D eigenvalue weighted by molar-refractivity contribution is 5.79. The molecule has 2 rings (SSSR count). The van der Waals surface area contributed by atoms with E-state index in [1.165, 1.54) is 11.1 Å². The minimum absolute atomic E-state index is 0.0812. The molecular formula is C19H27N3O. The Kier molecular flexibility index (Phi) is 5.43. The first-order valence-corrected chi connectivity index (χ1v) is 8.33. The molecule has 1 aromatic carbocycles. The van der Waals surface area contributed by atoms with Crippen LogP contribution in [0, 0.1) is 17.2 Å². The molecule has 1 N–H and O–H groups in total. The second-order valence-corrected chi connectivity index (χ2v) is 7.21. The minimum atomic E-state index is -0.711. The van der Waals surface area contributed by atoms with Crippen molar-refractivity contribution < 1.29 is 4.79 Å². The number of rotatable bonds is 7. The lowest BCUT2D eigenvalue weighted by molar-refractivity contribution is -0.123. The highest BCUT2D eigenvalue weighted by atomic mass is 16.2. The fraction of sp³-hybridized carbons (Fsp3) is 0.579. The van der Waals surface area contributed by atoms with Gasteiger partial charge in [-0.25, -0.2) is 0 Å². The molecule has 4 nitrogen and oxygen atoms in total. The molecule has 124 valence electrons. The number of hydrogen-bond donors (Lipinski definition) is 1. The van der Waals surface area contributed by atoms with E-state index in [0.29, 0.717) is 18.4 Å². The van der Waals surface area contributed by atoms with Crippen LogP contribution in [0.1, 0.15) is 50.7 Å². The van der Waals surface area contributed by atoms with Crippen molar-refractivity contribution in [3.05, 3.63) is 35.4 Å². The van der Waals surface area contributed by atoms with E-state index in [2.05, 4.69) is 49.5 Å². The molecular weight excluding hydrogens is 286 g/mol. The minimum Gasteiger partial charge on any atom is -0.337 e. The first kappa shape index (κ1) is 17.5. The van der Waals surface area contributed by atoms with Gasteiger partial charge in [0.1, 0.15) is 5.54 Å². The van der Waals surface area contributed by atoms with Crippen LogP contribution in [0.4, 0.5) is 0 Å². The summed E-state index contributed by atoms with van der Waals surface area (Å²) in [6.07, 6.45) is 2.06. The highest BCUT2D eigenvalue weighted by Gasteiger charge is 2.42. The zero-order chi connectivity index (χ0) is 17.0. The Hall–Kier alpha value is -1.86. The summed E-state index contributed by atoms with van der Waals surface area (Å²) in [5.41, 5.74) is 1.80. The van der Waals surface area contributed by atoms with Gasteiger partial charge in [0.15, 0.2) is 0 Å². The summed E-state index contributed by atoms with van der Waals surface area (Å²) in [4.78, 5) is 14.2. The van der Waals surface area contributed by atoms with Crippen molar-refractivity contribution in [2.24, 2.45) is 5.92 Å². The van der Waals surface area contributed by atoms with E-state index in [-0.39, 0.29) is 5.91 Å². The van der Waals surface area contributed by atoms with Crippen LogP contribution in [0.3, 0.4) is 0 Å². The largest absolute Gasteiger partial charge is 0.337 e. The maximum absolute atomic E-state index is 12.2. The van der Waals surface area contributed by atoms with Gasteiger partial charge in [-0.1, -0.05) is 38.1 Å². The Bertz CT molecular complexity index is 584. The van der Waals surface area contributed by atoms with Gasteiger partial charge in [-0.05, 0) is 49.8 Å². The Labute approximate surface area is 139 Å². The van der Waals surface area contributed by atoms with Crippen LogP contribution in [-0.4, -0.2) is 29.9 Å². The number of benzene rings is 1. The van der Waals surface area contributed by atoms with Crippen LogP contribution < -0.4 is 5.32 Å². The number of likely N-dealkylation sites (N-methyl/N-ethyl adjacent to an activating group) is 1. The molecule has 23 heavy (non-hydrogen) atoms. The molecule has 0 radical (unpaired) electrons. The summed E-state index contributed by atoms with van der Waals surface area (Å²) in [5, 5.41) is 12.2. The Morgan fingerprint density at radius 3 is 2.48 bits per heavy atom. The fourth-order valence-electron chi connectivity index (χ4n) is 2.83. The van der Waals surface area contributed by atoms with Gasteiger partial charge in [-0.3, -0.25) is 9.69 Å². The van der Waals surface area contributed by atoms with Crippen molar-refractivity contribution >= 4 is 5.91 Å². The molecule has 1 aliphatic rings. The number of nitrogens with zero attached hydrogens (tertiary/aromatic N) is 2. The average molecular weight is 313 g/mol. The molecule has 1 atom stereocenters. The number of nitriles is 1. The molecule has 0 saturated heterocycles. The Balaban J connectivity index is 1.85. The van der Waals surface area contributed by atoms with Gasteiger partial charge in [0.25, 0.3) is 0 Å². The second kappa shape index (κ2) is 7.14. The Morgan fingerprint density at radius 2 is 2.00 bits per heavy atom. The quantitative estimate of drug-likeness (QED) is 0.842. The lowest BCUT2D eigenvalue weighted by atomic mass is 9.98. The molecule has 1 aliphatic carbocycles. The molecule has 0 bridgehead atoms. The van der Waals surface area contributed by atoms with Crippen molar-refractivity contribution in [2.75, 3.05) is 13.6 Å². The molecule has 1 aromatic rings. The number of carbonyl (C=O) groups is 1. The molecule has 1 amide bonds. The number of amides is 1. The predicted molar refractivity (Wildman–Crippen MR) is 91.7 cm³/mol. The normalized spacial score (nSPS) is 16.9. The van der Waals surface area contributed by atoms with Crippen LogP contribution in [0.15, 0.2) is 24.3 Å². The van der Waals surface area contributed by atoms with E-state index >= 15 is 0 Å². The summed E-state index contributed by atoms with van der Waals surface area (Å²) in [6, 6.07) is 10.8. The lowest BCUT2D eigenvalue weighted by Crippen LogP contribution is -2.49. The zero-order valence-electron chi connectivity index (χ0n) is 14.6. The highest BCUT2D eigenvalue weighted by Crippen LogP contribution is 2.39. The third-order valence-electron chi connectivity index (χ3n) is 4.54. The van der Waals surface area contributed by atoms with E-state index in [1.807, 2.05) is 18.9 Å². The van der Waals surface area contributed by atoms with Gasteiger partial charge in [0, 0.05) is 6.54 Å². The van der Waals surface area contributed by atoms with E-state index < -0.39 is 5.54 Å². The summed E-state index contributed by atoms with van der Waals surface area (Å²) in [6.45, 7) is 7.21. The standard InChI is InChI=1S/C19H27N3O/c1-14(2)16-7-5-15(6-8-16)11-22(4)12-18(23)21-19(3,13-20)17-9-10-17/h5-8,14,17H,9-12H2,1-4H3,(H,21,23)/t19-/m1/s1. The van der Waals surface area contributed by atoms with Crippen molar-refractivity contribution in [2.45, 2.75) is 51.6 Å². The monoisotopic (exact) mass is 313 g/mol. The van der Waals surface area contributed by atoms with Crippen molar-refractivity contribution in [1.29, 1.82) is 5.26 Å². The van der Waals surface area contributed by atoms with Gasteiger partial charge in [0.2, 0.25) is 5.91 Å². The average Bonchev–Trinajstić information content (AvgIpc) is 3.32. The molecule has 1 saturated carbocycles. The van der Waals surface area contributed by atoms with Crippen LogP contribution >= 0.6 is 0 Å². The van der Waals surface area contributed by atoms with Crippen molar-refractivity contribution in [3.63, 3.8) is 0 Å². The number of nitrogens with one attached hydrogen (secondary N) is 1. The molecule has 0 aromatic heterocycles. The van der Waals surface area contributed by atoms with Gasteiger partial charge < -0.3 is 5.32 Å². The van der Waals surface area contributed by atoms with E-state index in [1.54, 1.807) is 0 Å². The van der Waals surface area contributed by atoms with Crippen molar-refractivity contribution in [1.82, 2.24) is 10.2 Å². The third-order valence-corrected chi connectivity index (χ3v) is 4.54. The lowest BCUT2D eigenvalue weighted by Gasteiger charge is -2.25. The number of hydrogen-bond acceptors (Lipinski definition) is 3. The molecule has 0 spiro atoms. The Morgan fingerprint density at radius 1 is 1.39 bits per heavy atom. The van der Waals surface area contributed by atoms with Gasteiger partial charge in [-0.2, -0.15) is 5.26 Å². The maximum atomic E-state index is 12.2.